The quantitative estimate of drug-likeness (QED) is 0.360. The van der Waals surface area contributed by atoms with Crippen LogP contribution in [0.5, 0.6) is 0 Å². The maximum Gasteiger partial charge on any atom is 0.415 e. The summed E-state index contributed by atoms with van der Waals surface area (Å²) in [6, 6.07) is 6.15. The fraction of sp³-hybridized carbons (Fsp3) is 0.476. The lowest BCUT2D eigenvalue weighted by atomic mass is 10.1. The number of methoxy groups -OCH3 is 1. The van der Waals surface area contributed by atoms with Crippen LogP contribution in [-0.2, 0) is 9.16 Å². The number of esters is 1. The second kappa shape index (κ2) is 8.97. The molecule has 1 aromatic carbocycles. The van der Waals surface area contributed by atoms with E-state index >= 15 is 0 Å². The van der Waals surface area contributed by atoms with Gasteiger partial charge in [0.1, 0.15) is 0 Å². The minimum Gasteiger partial charge on any atom is -0.465 e. The third-order valence-corrected chi connectivity index (χ3v) is 9.36. The van der Waals surface area contributed by atoms with Crippen LogP contribution >= 0.6 is 0 Å². The molecule has 3 nitrogen and oxygen atoms in total. The number of ether oxygens (including phenoxy) is 1. The number of carbonyl (C=O) groups excluding carboxylic acids is 1. The maximum absolute atomic E-state index is 13.5. The SMILES string of the molecule is COC(=O)c1ccc(C#C/C(C)=C(\CO[Si](C)(C)C(C)(C)C)C(F)(F)F)cc1. The summed E-state index contributed by atoms with van der Waals surface area (Å²) in [6.07, 6.45) is -4.52. The molecule has 0 aliphatic rings. The number of halogens is 3. The average molecular weight is 413 g/mol. The average Bonchev–Trinajstić information content (AvgIpc) is 2.57. The van der Waals surface area contributed by atoms with E-state index in [0.717, 1.165) is 0 Å². The van der Waals surface area contributed by atoms with Gasteiger partial charge in [0.15, 0.2) is 8.32 Å². The smallest absolute Gasteiger partial charge is 0.415 e. The van der Waals surface area contributed by atoms with Gasteiger partial charge in [-0.1, -0.05) is 32.6 Å². The van der Waals surface area contributed by atoms with Crippen molar-refractivity contribution in [1.29, 1.82) is 0 Å². The number of hydrogen-bond donors (Lipinski definition) is 0. The van der Waals surface area contributed by atoms with Crippen molar-refractivity contribution in [2.24, 2.45) is 0 Å². The Balaban J connectivity index is 3.11. The van der Waals surface area contributed by atoms with Gasteiger partial charge in [0, 0.05) is 11.1 Å². The first-order valence-electron chi connectivity index (χ1n) is 8.80. The van der Waals surface area contributed by atoms with Gasteiger partial charge in [0.2, 0.25) is 0 Å². The van der Waals surface area contributed by atoms with Crippen molar-refractivity contribution < 1.29 is 27.1 Å². The number of carbonyl (C=O) groups is 1. The van der Waals surface area contributed by atoms with E-state index in [1.54, 1.807) is 12.1 Å². The molecule has 0 radical (unpaired) electrons. The second-order valence-electron chi connectivity index (χ2n) is 7.97. The molecule has 28 heavy (non-hydrogen) atoms. The molecule has 0 aliphatic carbocycles. The highest BCUT2D eigenvalue weighted by Crippen LogP contribution is 2.38. The molecule has 0 unspecified atom stereocenters. The van der Waals surface area contributed by atoms with Crippen LogP contribution in [0.4, 0.5) is 13.2 Å². The summed E-state index contributed by atoms with van der Waals surface area (Å²) < 4.78 is 50.9. The second-order valence-corrected chi connectivity index (χ2v) is 12.8. The van der Waals surface area contributed by atoms with E-state index in [-0.39, 0.29) is 10.6 Å². The zero-order valence-corrected chi connectivity index (χ0v) is 18.4. The van der Waals surface area contributed by atoms with Crippen LogP contribution in [0, 0.1) is 11.8 Å². The third-order valence-electron chi connectivity index (χ3n) is 4.88. The van der Waals surface area contributed by atoms with Gasteiger partial charge in [-0.05, 0) is 49.3 Å². The van der Waals surface area contributed by atoms with Crippen molar-refractivity contribution in [2.75, 3.05) is 13.7 Å². The van der Waals surface area contributed by atoms with Crippen molar-refractivity contribution in [2.45, 2.75) is 52.0 Å². The molecule has 0 spiro atoms. The molecule has 0 bridgehead atoms. The molecule has 1 aromatic rings. The standard InChI is InChI=1S/C21H27F3O3Si/c1-15(8-9-16-10-12-17(13-11-16)19(25)26-5)18(21(22,23)24)14-27-28(6,7)20(2,3)4/h10-13H,14H2,1-7H3/b18-15+. The molecule has 0 amide bonds. The van der Waals surface area contributed by atoms with Crippen molar-refractivity contribution in [3.05, 3.63) is 46.5 Å². The van der Waals surface area contributed by atoms with Crippen molar-refractivity contribution in [1.82, 2.24) is 0 Å². The van der Waals surface area contributed by atoms with E-state index in [1.165, 1.54) is 26.2 Å². The number of benzene rings is 1. The summed E-state index contributed by atoms with van der Waals surface area (Å²) in [5, 5.41) is -0.190. The predicted octanol–water partition coefficient (Wildman–Crippen LogP) is 5.73. The Morgan fingerprint density at radius 1 is 1.11 bits per heavy atom. The third kappa shape index (κ3) is 6.53. The number of allylic oxidation sites excluding steroid dienone is 1. The molecule has 0 N–H and O–H groups in total. The predicted molar refractivity (Wildman–Crippen MR) is 107 cm³/mol. The van der Waals surface area contributed by atoms with E-state index in [4.69, 9.17) is 4.43 Å². The zero-order valence-electron chi connectivity index (χ0n) is 17.4. The highest BCUT2D eigenvalue weighted by atomic mass is 28.4. The molecule has 0 saturated heterocycles. The van der Waals surface area contributed by atoms with Gasteiger partial charge in [0.25, 0.3) is 0 Å². The summed E-state index contributed by atoms with van der Waals surface area (Å²) in [7, 11) is -1.05. The van der Waals surface area contributed by atoms with Crippen LogP contribution in [0.3, 0.4) is 0 Å². The van der Waals surface area contributed by atoms with Gasteiger partial charge in [-0.15, -0.1) is 0 Å². The van der Waals surface area contributed by atoms with Gasteiger partial charge >= 0.3 is 12.1 Å². The lowest BCUT2D eigenvalue weighted by Gasteiger charge is -2.36. The van der Waals surface area contributed by atoms with Crippen molar-refractivity contribution in [3.63, 3.8) is 0 Å². The number of hydrogen-bond acceptors (Lipinski definition) is 3. The summed E-state index contributed by atoms with van der Waals surface area (Å²) >= 11 is 0. The number of rotatable bonds is 4. The van der Waals surface area contributed by atoms with Crippen molar-refractivity contribution >= 4 is 14.3 Å². The van der Waals surface area contributed by atoms with Gasteiger partial charge in [-0.2, -0.15) is 13.2 Å². The lowest BCUT2D eigenvalue weighted by molar-refractivity contribution is -0.0976. The molecular weight excluding hydrogens is 385 g/mol. The topological polar surface area (TPSA) is 35.5 Å². The fourth-order valence-corrected chi connectivity index (χ4v) is 2.86. The highest BCUT2D eigenvalue weighted by Gasteiger charge is 2.41. The van der Waals surface area contributed by atoms with Gasteiger partial charge in [-0.25, -0.2) is 4.79 Å². The Morgan fingerprint density at radius 2 is 1.64 bits per heavy atom. The molecule has 154 valence electrons. The minimum absolute atomic E-state index is 0.0803. The largest absolute Gasteiger partial charge is 0.465 e. The van der Waals surface area contributed by atoms with E-state index in [1.807, 2.05) is 33.9 Å². The van der Waals surface area contributed by atoms with Crippen LogP contribution in [0.2, 0.25) is 18.1 Å². The Hall–Kier alpha value is -2.04. The molecule has 7 heteroatoms. The Kier molecular flexibility index (Phi) is 7.69. The first-order valence-corrected chi connectivity index (χ1v) is 11.7. The lowest BCUT2D eigenvalue weighted by Crippen LogP contribution is -2.42. The normalized spacial score (nSPS) is 13.4. The van der Waals surface area contributed by atoms with E-state index < -0.39 is 32.6 Å². The first-order chi connectivity index (χ1) is 12.7. The minimum atomic E-state index is -4.52. The van der Waals surface area contributed by atoms with Crippen LogP contribution in [0.25, 0.3) is 0 Å². The Labute approximate surface area is 166 Å². The van der Waals surface area contributed by atoms with Crippen LogP contribution < -0.4 is 0 Å². The molecule has 0 saturated carbocycles. The molecule has 0 aliphatic heterocycles. The van der Waals surface area contributed by atoms with E-state index in [9.17, 15) is 18.0 Å². The zero-order chi connectivity index (χ0) is 21.8. The Bertz CT molecular complexity index is 789. The first kappa shape index (κ1) is 24.0. The summed E-state index contributed by atoms with van der Waals surface area (Å²) in [4.78, 5) is 11.4. The van der Waals surface area contributed by atoms with Crippen molar-refractivity contribution in [3.8, 4) is 11.8 Å². The molecule has 0 atom stereocenters. The summed E-state index contributed by atoms with van der Waals surface area (Å²) in [6.45, 7) is 10.6. The summed E-state index contributed by atoms with van der Waals surface area (Å²) in [5.74, 6) is 4.79. The van der Waals surface area contributed by atoms with Crippen LogP contribution in [0.1, 0.15) is 43.6 Å². The molecule has 1 rings (SSSR count). The summed E-state index contributed by atoms with van der Waals surface area (Å²) in [5.41, 5.74) is -0.00262. The van der Waals surface area contributed by atoms with Crippen LogP contribution in [-0.4, -0.2) is 34.2 Å². The monoisotopic (exact) mass is 412 g/mol. The fourth-order valence-electron chi connectivity index (χ4n) is 1.92. The number of alkyl halides is 3. The Morgan fingerprint density at radius 3 is 2.07 bits per heavy atom. The van der Waals surface area contributed by atoms with Gasteiger partial charge in [0.05, 0.1) is 24.9 Å². The van der Waals surface area contributed by atoms with Crippen LogP contribution in [0.15, 0.2) is 35.4 Å². The van der Waals surface area contributed by atoms with Gasteiger partial charge < -0.3 is 9.16 Å². The van der Waals surface area contributed by atoms with E-state index in [2.05, 4.69) is 16.6 Å². The van der Waals surface area contributed by atoms with Gasteiger partial charge in [-0.3, -0.25) is 0 Å². The molecule has 0 heterocycles. The van der Waals surface area contributed by atoms with E-state index in [0.29, 0.717) is 11.1 Å². The molecule has 0 fully saturated rings. The maximum atomic E-state index is 13.5. The molecular formula is C21H27F3O3Si. The highest BCUT2D eigenvalue weighted by molar-refractivity contribution is 6.74. The molecule has 0 aromatic heterocycles.